The summed E-state index contributed by atoms with van der Waals surface area (Å²) in [4.78, 5) is 0. The van der Waals surface area contributed by atoms with Crippen molar-refractivity contribution in [3.8, 4) is 0 Å². The number of aliphatic hydroxyl groups is 2. The van der Waals surface area contributed by atoms with Gasteiger partial charge in [0, 0.05) is 11.1 Å². The SMILES string of the molecule is Cc1c2ccccc2c(C2(O)c3ccccc3C(O)(c3c4ccccc4c(C)c4ccccc34)c3ccccc32)c2ccccc12. The maximum atomic E-state index is 13.7. The molecule has 0 fully saturated rings. The van der Waals surface area contributed by atoms with E-state index in [2.05, 4.69) is 86.6 Å². The molecule has 1 aliphatic rings. The van der Waals surface area contributed by atoms with E-state index in [4.69, 9.17) is 0 Å². The summed E-state index contributed by atoms with van der Waals surface area (Å²) in [5.74, 6) is 0. The molecule has 220 valence electrons. The second kappa shape index (κ2) is 9.61. The van der Waals surface area contributed by atoms with Crippen LogP contribution in [0.1, 0.15) is 44.5 Å². The maximum absolute atomic E-state index is 13.7. The third-order valence-corrected chi connectivity index (χ3v) is 10.5. The fourth-order valence-corrected chi connectivity index (χ4v) is 8.53. The Labute approximate surface area is 267 Å². The smallest absolute Gasteiger partial charge is 0.142 e. The van der Waals surface area contributed by atoms with Gasteiger partial charge >= 0.3 is 0 Å². The lowest BCUT2D eigenvalue weighted by molar-refractivity contribution is 0.0778. The van der Waals surface area contributed by atoms with Gasteiger partial charge in [-0.05, 0) is 90.3 Å². The topological polar surface area (TPSA) is 40.5 Å². The van der Waals surface area contributed by atoms with Crippen LogP contribution in [0.2, 0.25) is 0 Å². The summed E-state index contributed by atoms with van der Waals surface area (Å²) < 4.78 is 0. The van der Waals surface area contributed by atoms with Crippen molar-refractivity contribution in [3.63, 3.8) is 0 Å². The minimum absolute atomic E-state index is 0.684. The Morgan fingerprint density at radius 3 is 0.739 bits per heavy atom. The van der Waals surface area contributed by atoms with Gasteiger partial charge in [0.25, 0.3) is 0 Å². The van der Waals surface area contributed by atoms with E-state index in [1.807, 2.05) is 72.8 Å². The Morgan fingerprint density at radius 2 is 0.500 bits per heavy atom. The summed E-state index contributed by atoms with van der Waals surface area (Å²) >= 11 is 0. The van der Waals surface area contributed by atoms with E-state index in [0.717, 1.165) is 54.2 Å². The molecule has 0 saturated heterocycles. The number of hydrogen-bond acceptors (Lipinski definition) is 2. The molecule has 0 aliphatic heterocycles. The highest BCUT2D eigenvalue weighted by molar-refractivity contribution is 6.09. The average molecular weight is 593 g/mol. The molecule has 0 unspecified atom stereocenters. The molecule has 0 bridgehead atoms. The lowest BCUT2D eigenvalue weighted by atomic mass is 9.61. The van der Waals surface area contributed by atoms with Gasteiger partial charge < -0.3 is 10.2 Å². The van der Waals surface area contributed by atoms with Crippen LogP contribution in [-0.2, 0) is 11.2 Å². The van der Waals surface area contributed by atoms with Crippen LogP contribution in [0.5, 0.6) is 0 Å². The highest BCUT2D eigenvalue weighted by atomic mass is 16.3. The van der Waals surface area contributed by atoms with E-state index in [1.54, 1.807) is 0 Å². The molecule has 0 amide bonds. The van der Waals surface area contributed by atoms with Gasteiger partial charge in [0.2, 0.25) is 0 Å². The molecule has 8 aromatic carbocycles. The number of rotatable bonds is 2. The predicted molar refractivity (Wildman–Crippen MR) is 189 cm³/mol. The molecule has 0 heterocycles. The van der Waals surface area contributed by atoms with Crippen LogP contribution in [0.15, 0.2) is 146 Å². The predicted octanol–water partition coefficient (Wildman–Crippen LogP) is 9.80. The minimum Gasteiger partial charge on any atom is -0.376 e. The van der Waals surface area contributed by atoms with Crippen molar-refractivity contribution < 1.29 is 10.2 Å². The zero-order valence-corrected chi connectivity index (χ0v) is 25.8. The second-order valence-electron chi connectivity index (χ2n) is 12.7. The van der Waals surface area contributed by atoms with Crippen LogP contribution >= 0.6 is 0 Å². The Balaban J connectivity index is 1.49. The van der Waals surface area contributed by atoms with E-state index in [-0.39, 0.29) is 0 Å². The van der Waals surface area contributed by atoms with Gasteiger partial charge in [-0.3, -0.25) is 0 Å². The summed E-state index contributed by atoms with van der Waals surface area (Å²) in [6, 6.07) is 49.4. The molecule has 8 aromatic rings. The minimum atomic E-state index is -1.55. The van der Waals surface area contributed by atoms with E-state index in [9.17, 15) is 10.2 Å². The second-order valence-corrected chi connectivity index (χ2v) is 12.7. The maximum Gasteiger partial charge on any atom is 0.142 e. The normalized spacial score (nSPS) is 19.0. The molecule has 9 rings (SSSR count). The van der Waals surface area contributed by atoms with Gasteiger partial charge in [-0.1, -0.05) is 146 Å². The third kappa shape index (κ3) is 3.32. The molecule has 46 heavy (non-hydrogen) atoms. The first-order valence-electron chi connectivity index (χ1n) is 15.9. The number of aryl methyl sites for hydroxylation is 2. The van der Waals surface area contributed by atoms with Crippen molar-refractivity contribution in [1.29, 1.82) is 0 Å². The Bertz CT molecular complexity index is 2200. The van der Waals surface area contributed by atoms with Crippen LogP contribution in [-0.4, -0.2) is 10.2 Å². The average Bonchev–Trinajstić information content (AvgIpc) is 3.11. The van der Waals surface area contributed by atoms with Crippen molar-refractivity contribution in [3.05, 3.63) is 190 Å². The number of benzene rings is 8. The molecule has 0 spiro atoms. The van der Waals surface area contributed by atoms with E-state index in [1.165, 1.54) is 11.1 Å². The number of hydrogen-bond donors (Lipinski definition) is 2. The van der Waals surface area contributed by atoms with Gasteiger partial charge in [-0.15, -0.1) is 0 Å². The van der Waals surface area contributed by atoms with E-state index in [0.29, 0.717) is 22.3 Å². The fourth-order valence-electron chi connectivity index (χ4n) is 8.53. The standard InChI is InChI=1S/C44H32O2/c1-27-29-15-3-7-19-33(29)41(34-20-8-4-16-30(27)34)43(45)37-23-11-13-25-39(37)44(46,40-26-14-12-24-38(40)43)42-35-21-9-5-17-31(35)28(2)32-18-6-10-22-36(32)42/h3-26,45-46H,1-2H3. The van der Waals surface area contributed by atoms with Gasteiger partial charge in [0.1, 0.15) is 11.2 Å². The highest BCUT2D eigenvalue weighted by Crippen LogP contribution is 2.57. The summed E-state index contributed by atoms with van der Waals surface area (Å²) in [5, 5.41) is 35.8. The third-order valence-electron chi connectivity index (χ3n) is 10.5. The van der Waals surface area contributed by atoms with E-state index < -0.39 is 11.2 Å². The van der Waals surface area contributed by atoms with Crippen LogP contribution in [0, 0.1) is 13.8 Å². The number of fused-ring (bicyclic) bond motifs is 6. The lowest BCUT2D eigenvalue weighted by Crippen LogP contribution is -2.44. The fraction of sp³-hybridized carbons (Fsp3) is 0.0909. The van der Waals surface area contributed by atoms with Gasteiger partial charge in [0.15, 0.2) is 0 Å². The molecule has 0 atom stereocenters. The molecule has 0 radical (unpaired) electrons. The molecule has 2 nitrogen and oxygen atoms in total. The first kappa shape index (κ1) is 27.1. The molecular formula is C44H32O2. The van der Waals surface area contributed by atoms with Gasteiger partial charge in [0.05, 0.1) is 0 Å². The van der Waals surface area contributed by atoms with Crippen LogP contribution in [0.4, 0.5) is 0 Å². The molecule has 2 heteroatoms. The summed E-state index contributed by atoms with van der Waals surface area (Å²) in [7, 11) is 0. The van der Waals surface area contributed by atoms with Crippen molar-refractivity contribution >= 4 is 43.1 Å². The monoisotopic (exact) mass is 592 g/mol. The molecular weight excluding hydrogens is 560 g/mol. The van der Waals surface area contributed by atoms with Crippen LogP contribution in [0.25, 0.3) is 43.1 Å². The summed E-state index contributed by atoms with van der Waals surface area (Å²) in [6.45, 7) is 4.32. The van der Waals surface area contributed by atoms with Crippen LogP contribution in [0.3, 0.4) is 0 Å². The molecule has 0 saturated carbocycles. The Hall–Kier alpha value is -5.28. The van der Waals surface area contributed by atoms with E-state index >= 15 is 0 Å². The Kier molecular flexibility index (Phi) is 5.65. The first-order chi connectivity index (χ1) is 22.5. The van der Waals surface area contributed by atoms with Gasteiger partial charge in [-0.25, -0.2) is 0 Å². The van der Waals surface area contributed by atoms with Crippen molar-refractivity contribution in [2.24, 2.45) is 0 Å². The Morgan fingerprint density at radius 1 is 0.304 bits per heavy atom. The van der Waals surface area contributed by atoms with Crippen molar-refractivity contribution in [2.75, 3.05) is 0 Å². The highest BCUT2D eigenvalue weighted by Gasteiger charge is 2.52. The summed E-state index contributed by atoms with van der Waals surface area (Å²) in [5.41, 5.74) is 3.68. The largest absolute Gasteiger partial charge is 0.376 e. The van der Waals surface area contributed by atoms with Crippen molar-refractivity contribution in [1.82, 2.24) is 0 Å². The molecule has 0 aromatic heterocycles. The first-order valence-corrected chi connectivity index (χ1v) is 15.9. The summed E-state index contributed by atoms with van der Waals surface area (Å²) in [6.07, 6.45) is 0. The van der Waals surface area contributed by atoms with Crippen LogP contribution < -0.4 is 0 Å². The zero-order chi connectivity index (χ0) is 31.2. The molecule has 1 aliphatic carbocycles. The quantitative estimate of drug-likeness (QED) is 0.196. The van der Waals surface area contributed by atoms with Gasteiger partial charge in [-0.2, -0.15) is 0 Å². The lowest BCUT2D eigenvalue weighted by Gasteiger charge is -2.46. The molecule has 2 N–H and O–H groups in total. The van der Waals surface area contributed by atoms with Crippen molar-refractivity contribution in [2.45, 2.75) is 25.0 Å². The zero-order valence-electron chi connectivity index (χ0n) is 25.8.